The smallest absolute Gasteiger partial charge is 0.332 e. The van der Waals surface area contributed by atoms with Gasteiger partial charge in [-0.2, -0.15) is 0 Å². The molecule has 3 atom stereocenters. The van der Waals surface area contributed by atoms with Crippen molar-refractivity contribution in [3.8, 4) is 0 Å². The zero-order valence-corrected chi connectivity index (χ0v) is 17.8. The molecule has 2 aliphatic rings. The predicted molar refractivity (Wildman–Crippen MR) is 109 cm³/mol. The summed E-state index contributed by atoms with van der Waals surface area (Å²) in [6, 6.07) is 7.49. The van der Waals surface area contributed by atoms with E-state index < -0.39 is 40.7 Å². The summed E-state index contributed by atoms with van der Waals surface area (Å²) in [5.41, 5.74) is -2.03. The maximum absolute atomic E-state index is 13.7. The molecule has 0 radical (unpaired) electrons. The number of benzene rings is 1. The molecular formula is C22H29N3O5. The third-order valence-electron chi connectivity index (χ3n) is 6.26. The molecule has 3 rings (SSSR count). The van der Waals surface area contributed by atoms with Crippen molar-refractivity contribution in [1.29, 1.82) is 0 Å². The van der Waals surface area contributed by atoms with Crippen LogP contribution in [0.3, 0.4) is 0 Å². The maximum Gasteiger partial charge on any atom is 0.332 e. The SMILES string of the molecule is CC1CC(=O)N2CCCC(C(=O)O)(C(C)(C)C)N2C(=O)C1NC(=O)c1ccccc1. The van der Waals surface area contributed by atoms with Gasteiger partial charge in [0, 0.05) is 18.5 Å². The normalized spacial score (nSPS) is 27.3. The fourth-order valence-corrected chi connectivity index (χ4v) is 4.54. The van der Waals surface area contributed by atoms with E-state index in [9.17, 15) is 24.3 Å². The second kappa shape index (κ2) is 7.74. The third-order valence-corrected chi connectivity index (χ3v) is 6.26. The van der Waals surface area contributed by atoms with E-state index in [-0.39, 0.29) is 25.3 Å². The molecule has 1 aromatic carbocycles. The lowest BCUT2D eigenvalue weighted by atomic mass is 9.69. The highest BCUT2D eigenvalue weighted by Gasteiger charge is 2.61. The molecule has 2 heterocycles. The molecule has 162 valence electrons. The standard InChI is InChI=1S/C22H29N3O5/c1-14-13-16(26)24-12-8-11-22(20(29)30,21(2,3)4)25(24)19(28)17(14)23-18(27)15-9-6-5-7-10-15/h5-7,9-10,14,17H,8,11-13H2,1-4H3,(H,23,27)(H,29,30). The van der Waals surface area contributed by atoms with Crippen LogP contribution in [0.25, 0.3) is 0 Å². The van der Waals surface area contributed by atoms with Crippen molar-refractivity contribution < 1.29 is 24.3 Å². The van der Waals surface area contributed by atoms with Crippen LogP contribution in [0.1, 0.15) is 57.3 Å². The van der Waals surface area contributed by atoms with Gasteiger partial charge in [-0.3, -0.25) is 19.4 Å². The van der Waals surface area contributed by atoms with Crippen LogP contribution in [0.15, 0.2) is 30.3 Å². The van der Waals surface area contributed by atoms with Crippen molar-refractivity contribution in [2.75, 3.05) is 6.54 Å². The number of fused-ring (bicyclic) bond motifs is 1. The number of carbonyl (C=O) groups excluding carboxylic acids is 3. The first kappa shape index (κ1) is 21.8. The molecule has 0 saturated carbocycles. The Morgan fingerprint density at radius 3 is 2.37 bits per heavy atom. The summed E-state index contributed by atoms with van der Waals surface area (Å²) < 4.78 is 0. The molecular weight excluding hydrogens is 386 g/mol. The summed E-state index contributed by atoms with van der Waals surface area (Å²) in [5, 5.41) is 15.4. The fourth-order valence-electron chi connectivity index (χ4n) is 4.54. The van der Waals surface area contributed by atoms with Gasteiger partial charge in [0.1, 0.15) is 6.04 Å². The lowest BCUT2D eigenvalue weighted by molar-refractivity contribution is -0.210. The lowest BCUT2D eigenvalue weighted by Crippen LogP contribution is -2.73. The number of hydrogen-bond donors (Lipinski definition) is 2. The lowest BCUT2D eigenvalue weighted by Gasteiger charge is -2.55. The average molecular weight is 415 g/mol. The largest absolute Gasteiger partial charge is 0.479 e. The molecule has 30 heavy (non-hydrogen) atoms. The number of carboxylic acids is 1. The predicted octanol–water partition coefficient (Wildman–Crippen LogP) is 2.06. The van der Waals surface area contributed by atoms with Gasteiger partial charge >= 0.3 is 5.97 Å². The monoisotopic (exact) mass is 415 g/mol. The van der Waals surface area contributed by atoms with E-state index in [4.69, 9.17) is 0 Å². The Morgan fingerprint density at radius 2 is 1.80 bits per heavy atom. The summed E-state index contributed by atoms with van der Waals surface area (Å²) in [6.07, 6.45) is 0.755. The highest BCUT2D eigenvalue weighted by atomic mass is 16.4. The van der Waals surface area contributed by atoms with Crippen LogP contribution in [0, 0.1) is 11.3 Å². The molecule has 8 heteroatoms. The Labute approximate surface area is 176 Å². The molecule has 0 bridgehead atoms. The molecule has 3 amide bonds. The number of hydrazine groups is 1. The zero-order chi connectivity index (χ0) is 22.3. The van der Waals surface area contributed by atoms with Crippen LogP contribution >= 0.6 is 0 Å². The molecule has 1 aromatic rings. The molecule has 2 N–H and O–H groups in total. The van der Waals surface area contributed by atoms with Crippen molar-refractivity contribution in [3.05, 3.63) is 35.9 Å². The number of rotatable bonds is 3. The van der Waals surface area contributed by atoms with Crippen molar-refractivity contribution in [2.45, 2.75) is 58.5 Å². The summed E-state index contributed by atoms with van der Waals surface area (Å²) in [7, 11) is 0. The molecule has 8 nitrogen and oxygen atoms in total. The minimum Gasteiger partial charge on any atom is -0.479 e. The van der Waals surface area contributed by atoms with Crippen LogP contribution < -0.4 is 5.32 Å². The van der Waals surface area contributed by atoms with Gasteiger partial charge in [-0.15, -0.1) is 0 Å². The van der Waals surface area contributed by atoms with E-state index >= 15 is 0 Å². The summed E-state index contributed by atoms with van der Waals surface area (Å²) >= 11 is 0. The Bertz CT molecular complexity index is 863. The van der Waals surface area contributed by atoms with Gasteiger partial charge in [0.05, 0.1) is 0 Å². The van der Waals surface area contributed by atoms with Crippen molar-refractivity contribution >= 4 is 23.7 Å². The van der Waals surface area contributed by atoms with Crippen molar-refractivity contribution in [2.24, 2.45) is 11.3 Å². The fraction of sp³-hybridized carbons (Fsp3) is 0.545. The number of nitrogens with zero attached hydrogens (tertiary/aromatic N) is 2. The minimum absolute atomic E-state index is 0.0435. The topological polar surface area (TPSA) is 107 Å². The van der Waals surface area contributed by atoms with Crippen LogP contribution in [-0.2, 0) is 14.4 Å². The van der Waals surface area contributed by atoms with E-state index in [1.807, 2.05) is 0 Å². The van der Waals surface area contributed by atoms with Gasteiger partial charge in [-0.05, 0) is 36.3 Å². The third kappa shape index (κ3) is 3.44. The van der Waals surface area contributed by atoms with Gasteiger partial charge in [0.15, 0.2) is 5.54 Å². The zero-order valence-electron chi connectivity index (χ0n) is 17.8. The van der Waals surface area contributed by atoms with Crippen LogP contribution in [0.2, 0.25) is 0 Å². The maximum atomic E-state index is 13.7. The quantitative estimate of drug-likeness (QED) is 0.786. The molecule has 2 fully saturated rings. The number of carbonyl (C=O) groups is 4. The second-order valence-electron chi connectivity index (χ2n) is 9.18. The van der Waals surface area contributed by atoms with E-state index in [1.165, 1.54) is 5.01 Å². The minimum atomic E-state index is -1.59. The number of amides is 3. The highest BCUT2D eigenvalue weighted by Crippen LogP contribution is 2.45. The molecule has 3 unspecified atom stereocenters. The van der Waals surface area contributed by atoms with Crippen LogP contribution in [0.5, 0.6) is 0 Å². The Balaban J connectivity index is 2.05. The summed E-state index contributed by atoms with van der Waals surface area (Å²) in [6.45, 7) is 7.28. The Hall–Kier alpha value is -2.90. The van der Waals surface area contributed by atoms with Gasteiger partial charge < -0.3 is 10.4 Å². The van der Waals surface area contributed by atoms with Crippen molar-refractivity contribution in [3.63, 3.8) is 0 Å². The number of nitrogens with one attached hydrogen (secondary N) is 1. The van der Waals surface area contributed by atoms with Gasteiger partial charge in [0.25, 0.3) is 11.8 Å². The van der Waals surface area contributed by atoms with Crippen molar-refractivity contribution in [1.82, 2.24) is 15.3 Å². The first-order valence-corrected chi connectivity index (χ1v) is 10.2. The molecule has 0 aromatic heterocycles. The Kier molecular flexibility index (Phi) is 5.62. The van der Waals surface area contributed by atoms with E-state index in [2.05, 4.69) is 5.32 Å². The first-order chi connectivity index (χ1) is 14.0. The van der Waals surface area contributed by atoms with E-state index in [0.29, 0.717) is 12.0 Å². The van der Waals surface area contributed by atoms with Crippen LogP contribution in [-0.4, -0.2) is 56.9 Å². The number of carboxylic acid groups (broad SMARTS) is 1. The first-order valence-electron chi connectivity index (χ1n) is 10.2. The van der Waals surface area contributed by atoms with E-state index in [0.717, 1.165) is 5.01 Å². The number of hydrogen-bond acceptors (Lipinski definition) is 4. The molecule has 0 spiro atoms. The van der Waals surface area contributed by atoms with Gasteiger partial charge in [0.2, 0.25) is 5.91 Å². The molecule has 2 aliphatic heterocycles. The van der Waals surface area contributed by atoms with E-state index in [1.54, 1.807) is 58.0 Å². The van der Waals surface area contributed by atoms with Gasteiger partial charge in [-0.25, -0.2) is 9.80 Å². The molecule has 2 saturated heterocycles. The Morgan fingerprint density at radius 1 is 1.17 bits per heavy atom. The summed E-state index contributed by atoms with van der Waals surface area (Å²) in [4.78, 5) is 52.0. The summed E-state index contributed by atoms with van der Waals surface area (Å²) in [5.74, 6) is -2.93. The molecule has 0 aliphatic carbocycles. The average Bonchev–Trinajstić information content (AvgIpc) is 2.77. The number of aliphatic carboxylic acids is 1. The van der Waals surface area contributed by atoms with Crippen LogP contribution in [0.4, 0.5) is 0 Å². The second-order valence-corrected chi connectivity index (χ2v) is 9.18. The highest BCUT2D eigenvalue weighted by molar-refractivity contribution is 6.00. The van der Waals surface area contributed by atoms with Gasteiger partial charge in [-0.1, -0.05) is 45.9 Å².